The van der Waals surface area contributed by atoms with E-state index >= 15 is 0 Å². The normalized spacial score (nSPS) is 10.3. The minimum atomic E-state index is -0.999. The Morgan fingerprint density at radius 2 is 2.25 bits per heavy atom. The van der Waals surface area contributed by atoms with Gasteiger partial charge < -0.3 is 5.11 Å². The predicted octanol–water partition coefficient (Wildman–Crippen LogP) is 3.25. The summed E-state index contributed by atoms with van der Waals surface area (Å²) < 4.78 is 0. The smallest absolute Gasteiger partial charge is 0.337 e. The van der Waals surface area contributed by atoms with E-state index in [9.17, 15) is 4.79 Å². The van der Waals surface area contributed by atoms with E-state index in [4.69, 9.17) is 16.7 Å². The fraction of sp³-hybridized carbons (Fsp3) is 0.0909. The van der Waals surface area contributed by atoms with Crippen molar-refractivity contribution in [1.29, 1.82) is 0 Å². The largest absolute Gasteiger partial charge is 0.478 e. The lowest BCUT2D eigenvalue weighted by Gasteiger charge is -2.04. The first kappa shape index (κ1) is 11.1. The van der Waals surface area contributed by atoms with Gasteiger partial charge in [0.05, 0.1) is 27.7 Å². The highest BCUT2D eigenvalue weighted by Gasteiger charge is 2.12. The molecule has 2 aromatic heterocycles. The molecule has 2 heterocycles. The summed E-state index contributed by atoms with van der Waals surface area (Å²) in [5.41, 5.74) is 1.33. The molecule has 0 atom stereocenters. The Bertz CT molecular complexity index is 511. The molecule has 1 N–H and O–H groups in total. The van der Waals surface area contributed by atoms with Gasteiger partial charge >= 0.3 is 5.97 Å². The second kappa shape index (κ2) is 4.63. The number of aromatic nitrogens is 1. The first-order valence-corrected chi connectivity index (χ1v) is 5.97. The highest BCUT2D eigenvalue weighted by atomic mass is 35.5. The van der Waals surface area contributed by atoms with Gasteiger partial charge in [0.2, 0.25) is 0 Å². The monoisotopic (exact) mass is 253 g/mol. The van der Waals surface area contributed by atoms with Gasteiger partial charge in [0.15, 0.2) is 0 Å². The number of alkyl halides is 1. The summed E-state index contributed by atoms with van der Waals surface area (Å²) in [7, 11) is 0. The second-order valence-corrected chi connectivity index (χ2v) is 4.32. The molecule has 16 heavy (non-hydrogen) atoms. The SMILES string of the molecule is O=C(O)c1ccc(-c2cccs2)nc1CCl. The van der Waals surface area contributed by atoms with Gasteiger partial charge in [0.1, 0.15) is 0 Å². The zero-order chi connectivity index (χ0) is 11.5. The van der Waals surface area contributed by atoms with E-state index in [2.05, 4.69) is 4.98 Å². The van der Waals surface area contributed by atoms with Gasteiger partial charge in [-0.3, -0.25) is 0 Å². The maximum Gasteiger partial charge on any atom is 0.337 e. The third-order valence-corrected chi connectivity index (χ3v) is 3.25. The van der Waals surface area contributed by atoms with Crippen LogP contribution in [0.15, 0.2) is 29.6 Å². The van der Waals surface area contributed by atoms with Crippen molar-refractivity contribution in [2.24, 2.45) is 0 Å². The van der Waals surface area contributed by atoms with Gasteiger partial charge in [-0.25, -0.2) is 9.78 Å². The van der Waals surface area contributed by atoms with Crippen LogP contribution in [0, 0.1) is 0 Å². The molecule has 0 radical (unpaired) electrons. The van der Waals surface area contributed by atoms with Crippen LogP contribution < -0.4 is 0 Å². The Morgan fingerprint density at radius 3 is 2.81 bits per heavy atom. The topological polar surface area (TPSA) is 50.2 Å². The first-order valence-electron chi connectivity index (χ1n) is 4.55. The lowest BCUT2D eigenvalue weighted by Crippen LogP contribution is -2.03. The molecule has 0 aliphatic rings. The van der Waals surface area contributed by atoms with E-state index in [1.807, 2.05) is 17.5 Å². The summed E-state index contributed by atoms with van der Waals surface area (Å²) in [6.07, 6.45) is 0. The molecule has 0 unspecified atom stereocenters. The second-order valence-electron chi connectivity index (χ2n) is 3.11. The van der Waals surface area contributed by atoms with Crippen molar-refractivity contribution >= 4 is 28.9 Å². The van der Waals surface area contributed by atoms with Crippen LogP contribution in [0.2, 0.25) is 0 Å². The van der Waals surface area contributed by atoms with Crippen molar-refractivity contribution in [3.63, 3.8) is 0 Å². The fourth-order valence-corrected chi connectivity index (χ4v) is 2.26. The van der Waals surface area contributed by atoms with Crippen molar-refractivity contribution in [2.75, 3.05) is 0 Å². The van der Waals surface area contributed by atoms with E-state index in [0.717, 1.165) is 10.6 Å². The molecule has 0 spiro atoms. The summed E-state index contributed by atoms with van der Waals surface area (Å²) in [4.78, 5) is 16.1. The van der Waals surface area contributed by atoms with Crippen LogP contribution in [-0.4, -0.2) is 16.1 Å². The summed E-state index contributed by atoms with van der Waals surface area (Å²) in [5.74, 6) is -0.901. The van der Waals surface area contributed by atoms with Gasteiger partial charge in [-0.1, -0.05) is 6.07 Å². The molecular weight excluding hydrogens is 246 g/mol. The van der Waals surface area contributed by atoms with Gasteiger partial charge in [-0.15, -0.1) is 22.9 Å². The highest BCUT2D eigenvalue weighted by molar-refractivity contribution is 7.13. The van der Waals surface area contributed by atoms with Crippen LogP contribution in [0.1, 0.15) is 16.1 Å². The van der Waals surface area contributed by atoms with Crippen molar-refractivity contribution in [3.05, 3.63) is 40.9 Å². The number of nitrogens with zero attached hydrogens (tertiary/aromatic N) is 1. The molecule has 82 valence electrons. The molecular formula is C11H8ClNO2S. The Balaban J connectivity index is 2.49. The maximum atomic E-state index is 10.9. The molecule has 0 aliphatic carbocycles. The van der Waals surface area contributed by atoms with E-state index in [1.54, 1.807) is 23.5 Å². The number of aromatic carboxylic acids is 1. The lowest BCUT2D eigenvalue weighted by atomic mass is 10.2. The zero-order valence-electron chi connectivity index (χ0n) is 8.18. The molecule has 0 amide bonds. The summed E-state index contributed by atoms with van der Waals surface area (Å²) in [5, 5.41) is 10.9. The Kier molecular flexibility index (Phi) is 3.22. The van der Waals surface area contributed by atoms with E-state index in [1.165, 1.54) is 0 Å². The van der Waals surface area contributed by atoms with E-state index in [-0.39, 0.29) is 11.4 Å². The highest BCUT2D eigenvalue weighted by Crippen LogP contribution is 2.24. The first-order chi connectivity index (χ1) is 7.72. The quantitative estimate of drug-likeness (QED) is 0.855. The average molecular weight is 254 g/mol. The summed E-state index contributed by atoms with van der Waals surface area (Å²) in [6.45, 7) is 0. The van der Waals surface area contributed by atoms with Crippen LogP contribution >= 0.6 is 22.9 Å². The van der Waals surface area contributed by atoms with Crippen LogP contribution in [0.4, 0.5) is 0 Å². The number of carboxylic acid groups (broad SMARTS) is 1. The number of hydrogen-bond acceptors (Lipinski definition) is 3. The van der Waals surface area contributed by atoms with Crippen LogP contribution in [0.25, 0.3) is 10.6 Å². The minimum Gasteiger partial charge on any atom is -0.478 e. The Labute approximate surface area is 101 Å². The predicted molar refractivity (Wildman–Crippen MR) is 64.1 cm³/mol. The number of rotatable bonds is 3. The summed E-state index contributed by atoms with van der Waals surface area (Å²) in [6, 6.07) is 7.10. The molecule has 2 aromatic rings. The van der Waals surface area contributed by atoms with Crippen molar-refractivity contribution < 1.29 is 9.90 Å². The van der Waals surface area contributed by atoms with Gasteiger partial charge in [0, 0.05) is 0 Å². The molecule has 0 aliphatic heterocycles. The third-order valence-electron chi connectivity index (χ3n) is 2.10. The zero-order valence-corrected chi connectivity index (χ0v) is 9.76. The summed E-state index contributed by atoms with van der Waals surface area (Å²) >= 11 is 7.24. The van der Waals surface area contributed by atoms with Crippen LogP contribution in [0.5, 0.6) is 0 Å². The molecule has 5 heteroatoms. The van der Waals surface area contributed by atoms with Crippen molar-refractivity contribution in [1.82, 2.24) is 4.98 Å². The average Bonchev–Trinajstić information content (AvgIpc) is 2.81. The van der Waals surface area contributed by atoms with Crippen LogP contribution in [0.3, 0.4) is 0 Å². The fourth-order valence-electron chi connectivity index (χ4n) is 1.36. The number of pyridine rings is 1. The number of hydrogen-bond donors (Lipinski definition) is 1. The number of carbonyl (C=O) groups is 1. The van der Waals surface area contributed by atoms with Gasteiger partial charge in [-0.05, 0) is 23.6 Å². The van der Waals surface area contributed by atoms with Crippen molar-refractivity contribution in [2.45, 2.75) is 5.88 Å². The standard InChI is InChI=1S/C11H8ClNO2S/c12-6-9-7(11(14)15)3-4-8(13-9)10-2-1-5-16-10/h1-5H,6H2,(H,14,15). The molecule has 3 nitrogen and oxygen atoms in total. The molecule has 0 saturated heterocycles. The van der Waals surface area contributed by atoms with Gasteiger partial charge in [-0.2, -0.15) is 0 Å². The molecule has 0 aromatic carbocycles. The molecule has 2 rings (SSSR count). The lowest BCUT2D eigenvalue weighted by molar-refractivity contribution is 0.0695. The maximum absolute atomic E-state index is 10.9. The van der Waals surface area contributed by atoms with Crippen molar-refractivity contribution in [3.8, 4) is 10.6 Å². The van der Waals surface area contributed by atoms with E-state index < -0.39 is 5.97 Å². The van der Waals surface area contributed by atoms with Gasteiger partial charge in [0.25, 0.3) is 0 Å². The number of halogens is 1. The molecule has 0 fully saturated rings. The molecule has 0 saturated carbocycles. The van der Waals surface area contributed by atoms with Crippen LogP contribution in [-0.2, 0) is 5.88 Å². The van der Waals surface area contributed by atoms with E-state index in [0.29, 0.717) is 5.69 Å². The number of thiophene rings is 1. The number of carboxylic acids is 1. The Hall–Kier alpha value is -1.39. The molecule has 0 bridgehead atoms. The third kappa shape index (κ3) is 2.08. The minimum absolute atomic E-state index is 0.0981. The Morgan fingerprint density at radius 1 is 1.44 bits per heavy atom.